The molecule has 0 spiro atoms. The summed E-state index contributed by atoms with van der Waals surface area (Å²) in [6.07, 6.45) is 0.255. The van der Waals surface area contributed by atoms with Gasteiger partial charge < -0.3 is 19.5 Å². The molecule has 4 heteroatoms. The highest BCUT2D eigenvalue weighted by Gasteiger charge is 2.35. The first-order valence-corrected chi connectivity index (χ1v) is 4.11. The lowest BCUT2D eigenvalue weighted by Gasteiger charge is -2.20. The van der Waals surface area contributed by atoms with E-state index in [4.69, 9.17) is 14.2 Å². The molecule has 0 bridgehead atoms. The maximum atomic E-state index is 5.31. The minimum Gasteiger partial charge on any atom is -0.383 e. The van der Waals surface area contributed by atoms with Gasteiger partial charge >= 0.3 is 0 Å². The van der Waals surface area contributed by atoms with Crippen molar-refractivity contribution in [2.45, 2.75) is 18.2 Å². The van der Waals surface area contributed by atoms with Crippen molar-refractivity contribution in [3.8, 4) is 0 Å². The molecule has 4 nitrogen and oxygen atoms in total. The Labute approximate surface area is 73.2 Å². The van der Waals surface area contributed by atoms with Crippen molar-refractivity contribution in [1.29, 1.82) is 0 Å². The van der Waals surface area contributed by atoms with Gasteiger partial charge in [0, 0.05) is 27.9 Å². The van der Waals surface area contributed by atoms with Crippen molar-refractivity contribution in [3.63, 3.8) is 0 Å². The van der Waals surface area contributed by atoms with Crippen molar-refractivity contribution < 1.29 is 14.2 Å². The molecule has 1 aliphatic heterocycles. The van der Waals surface area contributed by atoms with Gasteiger partial charge in [0.25, 0.3) is 0 Å². The Hall–Kier alpha value is -0.160. The lowest BCUT2D eigenvalue weighted by atomic mass is 10.1. The molecule has 0 aromatic heterocycles. The predicted molar refractivity (Wildman–Crippen MR) is 45.3 cm³/mol. The largest absolute Gasteiger partial charge is 0.383 e. The van der Waals surface area contributed by atoms with E-state index in [1.54, 1.807) is 21.3 Å². The molecule has 12 heavy (non-hydrogen) atoms. The summed E-state index contributed by atoms with van der Waals surface area (Å²) >= 11 is 0. The highest BCUT2D eigenvalue weighted by atomic mass is 16.5. The molecule has 1 saturated heterocycles. The molecular weight excluding hydrogens is 158 g/mol. The van der Waals surface area contributed by atoms with E-state index in [0.717, 1.165) is 6.54 Å². The molecular formula is C8H17NO3. The molecule has 0 amide bonds. The van der Waals surface area contributed by atoms with Crippen molar-refractivity contribution >= 4 is 0 Å². The van der Waals surface area contributed by atoms with Crippen LogP contribution in [0.15, 0.2) is 0 Å². The van der Waals surface area contributed by atoms with Gasteiger partial charge in [-0.05, 0) is 0 Å². The minimum absolute atomic E-state index is 0.106. The summed E-state index contributed by atoms with van der Waals surface area (Å²) in [5.74, 6) is 0. The smallest absolute Gasteiger partial charge is 0.102 e. The van der Waals surface area contributed by atoms with Crippen LogP contribution in [0.1, 0.15) is 0 Å². The first kappa shape index (κ1) is 9.92. The molecule has 1 unspecified atom stereocenters. The van der Waals surface area contributed by atoms with E-state index in [0.29, 0.717) is 6.61 Å². The summed E-state index contributed by atoms with van der Waals surface area (Å²) in [5, 5.41) is 3.28. The van der Waals surface area contributed by atoms with Crippen LogP contribution in [0.5, 0.6) is 0 Å². The number of hydrogen-bond donors (Lipinski definition) is 1. The fraction of sp³-hybridized carbons (Fsp3) is 1.00. The molecule has 1 fully saturated rings. The maximum Gasteiger partial charge on any atom is 0.102 e. The van der Waals surface area contributed by atoms with E-state index in [2.05, 4.69) is 5.32 Å². The van der Waals surface area contributed by atoms with Crippen molar-refractivity contribution in [2.24, 2.45) is 0 Å². The summed E-state index contributed by atoms with van der Waals surface area (Å²) in [7, 11) is 5.09. The van der Waals surface area contributed by atoms with Gasteiger partial charge in [-0.25, -0.2) is 0 Å². The number of hydrogen-bond acceptors (Lipinski definition) is 4. The third-order valence-corrected chi connectivity index (χ3v) is 2.27. The second-order valence-corrected chi connectivity index (χ2v) is 2.94. The summed E-state index contributed by atoms with van der Waals surface area (Å²) in [4.78, 5) is 0. The number of rotatable bonds is 4. The Kier molecular flexibility index (Phi) is 3.94. The van der Waals surface area contributed by atoms with Crippen LogP contribution in [0.3, 0.4) is 0 Å². The molecule has 0 aliphatic carbocycles. The van der Waals surface area contributed by atoms with E-state index >= 15 is 0 Å². The lowest BCUT2D eigenvalue weighted by molar-refractivity contribution is -0.0274. The van der Waals surface area contributed by atoms with Gasteiger partial charge in [-0.15, -0.1) is 0 Å². The van der Waals surface area contributed by atoms with E-state index in [1.807, 2.05) is 0 Å². The SMILES string of the molecule is COC[C@H]1NC[C@@H](OC)C1OC. The molecule has 72 valence electrons. The van der Waals surface area contributed by atoms with Gasteiger partial charge in [-0.2, -0.15) is 0 Å². The quantitative estimate of drug-likeness (QED) is 0.633. The highest BCUT2D eigenvalue weighted by Crippen LogP contribution is 2.14. The van der Waals surface area contributed by atoms with Crippen LogP contribution < -0.4 is 5.32 Å². The second-order valence-electron chi connectivity index (χ2n) is 2.94. The van der Waals surface area contributed by atoms with Gasteiger partial charge in [0.1, 0.15) is 6.10 Å². The standard InChI is InChI=1S/C8H17NO3/c1-10-5-6-8(12-3)7(11-2)4-9-6/h6-9H,4-5H2,1-3H3/t6-,7-,8?/m1/s1. The molecule has 1 rings (SSSR count). The van der Waals surface area contributed by atoms with Gasteiger partial charge in [-0.1, -0.05) is 0 Å². The second kappa shape index (κ2) is 4.77. The Balaban J connectivity index is 2.44. The molecule has 1 heterocycles. The zero-order valence-electron chi connectivity index (χ0n) is 7.87. The first-order chi connectivity index (χ1) is 5.83. The van der Waals surface area contributed by atoms with Crippen LogP contribution >= 0.6 is 0 Å². The molecule has 0 aromatic carbocycles. The molecule has 1 N–H and O–H groups in total. The van der Waals surface area contributed by atoms with E-state index in [9.17, 15) is 0 Å². The first-order valence-electron chi connectivity index (χ1n) is 4.11. The van der Waals surface area contributed by atoms with E-state index in [-0.39, 0.29) is 18.2 Å². The monoisotopic (exact) mass is 175 g/mol. The fourth-order valence-electron chi connectivity index (χ4n) is 1.63. The average Bonchev–Trinajstić information content (AvgIpc) is 2.47. The van der Waals surface area contributed by atoms with E-state index < -0.39 is 0 Å². The van der Waals surface area contributed by atoms with Crippen molar-refractivity contribution in [2.75, 3.05) is 34.5 Å². The van der Waals surface area contributed by atoms with Gasteiger partial charge in [-0.3, -0.25) is 0 Å². The fourth-order valence-corrected chi connectivity index (χ4v) is 1.63. The molecule has 1 aliphatic rings. The molecule has 0 aromatic rings. The molecule has 0 saturated carbocycles. The van der Waals surface area contributed by atoms with Crippen molar-refractivity contribution in [3.05, 3.63) is 0 Å². The average molecular weight is 175 g/mol. The Morgan fingerprint density at radius 1 is 1.25 bits per heavy atom. The summed E-state index contributed by atoms with van der Waals surface area (Å²) < 4.78 is 15.6. The van der Waals surface area contributed by atoms with E-state index in [1.165, 1.54) is 0 Å². The van der Waals surface area contributed by atoms with Crippen LogP contribution in [0, 0.1) is 0 Å². The third kappa shape index (κ3) is 1.95. The summed E-state index contributed by atoms with van der Waals surface area (Å²) in [5.41, 5.74) is 0. The summed E-state index contributed by atoms with van der Waals surface area (Å²) in [6, 6.07) is 0.255. The van der Waals surface area contributed by atoms with Crippen LogP contribution in [-0.4, -0.2) is 52.7 Å². The molecule has 3 atom stereocenters. The van der Waals surface area contributed by atoms with Crippen LogP contribution in [0.25, 0.3) is 0 Å². The minimum atomic E-state index is 0.106. The number of nitrogens with one attached hydrogen (secondary N) is 1. The topological polar surface area (TPSA) is 39.7 Å². The zero-order chi connectivity index (χ0) is 8.97. The molecule has 0 radical (unpaired) electrons. The van der Waals surface area contributed by atoms with Crippen molar-refractivity contribution in [1.82, 2.24) is 5.32 Å². The Morgan fingerprint density at radius 3 is 2.50 bits per heavy atom. The highest BCUT2D eigenvalue weighted by molar-refractivity contribution is 4.92. The van der Waals surface area contributed by atoms with Gasteiger partial charge in [0.15, 0.2) is 0 Å². The Morgan fingerprint density at radius 2 is 2.00 bits per heavy atom. The van der Waals surface area contributed by atoms with Crippen LogP contribution in [0.2, 0.25) is 0 Å². The zero-order valence-corrected chi connectivity index (χ0v) is 7.87. The predicted octanol–water partition coefficient (Wildman–Crippen LogP) is -0.365. The van der Waals surface area contributed by atoms with Gasteiger partial charge in [0.05, 0.1) is 18.8 Å². The Bertz CT molecular complexity index is 131. The summed E-state index contributed by atoms with van der Waals surface area (Å²) in [6.45, 7) is 1.50. The number of ether oxygens (including phenoxy) is 3. The van der Waals surface area contributed by atoms with Crippen LogP contribution in [0.4, 0.5) is 0 Å². The van der Waals surface area contributed by atoms with Gasteiger partial charge in [0.2, 0.25) is 0 Å². The normalized spacial score (nSPS) is 35.8. The maximum absolute atomic E-state index is 5.31. The number of methoxy groups -OCH3 is 3. The third-order valence-electron chi connectivity index (χ3n) is 2.27. The van der Waals surface area contributed by atoms with Crippen LogP contribution in [-0.2, 0) is 14.2 Å². The lowest BCUT2D eigenvalue weighted by Crippen LogP contribution is -2.38.